The summed E-state index contributed by atoms with van der Waals surface area (Å²) in [5.41, 5.74) is 2.06. The molecule has 2 heterocycles. The summed E-state index contributed by atoms with van der Waals surface area (Å²) >= 11 is 0. The Morgan fingerprint density at radius 1 is 1.24 bits per heavy atom. The van der Waals surface area contributed by atoms with Gasteiger partial charge in [-0.05, 0) is 23.8 Å². The lowest BCUT2D eigenvalue weighted by Crippen LogP contribution is -2.23. The fourth-order valence-electron chi connectivity index (χ4n) is 3.00. The van der Waals surface area contributed by atoms with Gasteiger partial charge < -0.3 is 10.4 Å². The molecule has 0 unspecified atom stereocenters. The number of carbonyl (C=O) groups is 1. The first kappa shape index (κ1) is 14.9. The number of anilines is 1. The lowest BCUT2D eigenvalue weighted by Gasteiger charge is -2.24. The fourth-order valence-corrected chi connectivity index (χ4v) is 3.00. The number of hydrogen-bond acceptors (Lipinski definition) is 5. The largest absolute Gasteiger partial charge is 0.477 e. The summed E-state index contributed by atoms with van der Waals surface area (Å²) in [7, 11) is 0. The van der Waals surface area contributed by atoms with Gasteiger partial charge in [-0.3, -0.25) is 14.7 Å². The number of non-ortho nitro benzene ring substituents is 1. The first-order chi connectivity index (χ1) is 12.0. The third-order valence-corrected chi connectivity index (χ3v) is 4.10. The number of aromatic nitrogens is 2. The van der Waals surface area contributed by atoms with Gasteiger partial charge in [0.25, 0.3) is 5.69 Å². The summed E-state index contributed by atoms with van der Waals surface area (Å²) < 4.78 is 1.83. The zero-order valence-corrected chi connectivity index (χ0v) is 12.8. The molecule has 0 spiro atoms. The van der Waals surface area contributed by atoms with Crippen molar-refractivity contribution >= 4 is 28.6 Å². The highest BCUT2D eigenvalue weighted by molar-refractivity contribution is 5.92. The summed E-state index contributed by atoms with van der Waals surface area (Å²) in [6.07, 6.45) is 1.53. The Kier molecular flexibility index (Phi) is 3.24. The van der Waals surface area contributed by atoms with Gasteiger partial charge in [-0.15, -0.1) is 0 Å². The van der Waals surface area contributed by atoms with Gasteiger partial charge in [-0.25, -0.2) is 9.78 Å². The molecular weight excluding hydrogens is 324 g/mol. The van der Waals surface area contributed by atoms with Crippen molar-refractivity contribution in [1.29, 1.82) is 0 Å². The first-order valence-corrected chi connectivity index (χ1v) is 7.48. The Balaban J connectivity index is 1.95. The number of carboxylic acid groups (broad SMARTS) is 1. The number of carboxylic acids is 1. The fraction of sp³-hybridized carbons (Fsp3) is 0.0588. The Labute approximate surface area is 141 Å². The zero-order valence-electron chi connectivity index (χ0n) is 12.8. The van der Waals surface area contributed by atoms with Crippen LogP contribution in [0.4, 0.5) is 11.6 Å². The molecule has 2 N–H and O–H groups in total. The molecular formula is C17H12N4O4. The van der Waals surface area contributed by atoms with Crippen LogP contribution < -0.4 is 5.32 Å². The predicted octanol–water partition coefficient (Wildman–Crippen LogP) is 2.93. The molecule has 3 aromatic rings. The maximum Gasteiger partial charge on any atom is 0.352 e. The third-order valence-electron chi connectivity index (χ3n) is 4.10. The third kappa shape index (κ3) is 2.40. The van der Waals surface area contributed by atoms with E-state index in [0.717, 1.165) is 5.52 Å². The number of fused-ring (bicyclic) bond motifs is 3. The van der Waals surface area contributed by atoms with Gasteiger partial charge in [0.1, 0.15) is 5.70 Å². The van der Waals surface area contributed by atoms with E-state index in [1.807, 2.05) is 28.8 Å². The van der Waals surface area contributed by atoms with E-state index < -0.39 is 16.9 Å². The molecule has 1 aromatic heterocycles. The van der Waals surface area contributed by atoms with Crippen molar-refractivity contribution in [2.75, 3.05) is 5.32 Å². The van der Waals surface area contributed by atoms with Crippen molar-refractivity contribution in [2.24, 2.45) is 0 Å². The zero-order chi connectivity index (χ0) is 17.6. The average molecular weight is 336 g/mol. The minimum absolute atomic E-state index is 0.0145. The predicted molar refractivity (Wildman–Crippen MR) is 90.3 cm³/mol. The number of hydrogen-bond donors (Lipinski definition) is 2. The van der Waals surface area contributed by atoms with Gasteiger partial charge in [0.15, 0.2) is 0 Å². The van der Waals surface area contributed by atoms with Crippen LogP contribution in [0.2, 0.25) is 0 Å². The molecule has 0 saturated carbocycles. The highest BCUT2D eigenvalue weighted by Crippen LogP contribution is 2.35. The van der Waals surface area contributed by atoms with E-state index in [1.165, 1.54) is 18.2 Å². The molecule has 8 nitrogen and oxygen atoms in total. The number of para-hydroxylation sites is 2. The summed E-state index contributed by atoms with van der Waals surface area (Å²) in [4.78, 5) is 26.5. The molecule has 1 atom stereocenters. The topological polar surface area (TPSA) is 110 Å². The van der Waals surface area contributed by atoms with Crippen LogP contribution in [0.15, 0.2) is 60.3 Å². The summed E-state index contributed by atoms with van der Waals surface area (Å²) in [5, 5.41) is 23.3. The van der Waals surface area contributed by atoms with Gasteiger partial charge in [0.2, 0.25) is 5.95 Å². The number of nitro groups is 1. The Bertz CT molecular complexity index is 1050. The van der Waals surface area contributed by atoms with E-state index in [2.05, 4.69) is 10.3 Å². The minimum Gasteiger partial charge on any atom is -0.477 e. The van der Waals surface area contributed by atoms with E-state index >= 15 is 0 Å². The number of benzene rings is 2. The minimum atomic E-state index is -1.12. The van der Waals surface area contributed by atoms with Crippen molar-refractivity contribution in [2.45, 2.75) is 6.04 Å². The molecule has 0 aliphatic carbocycles. The Morgan fingerprint density at radius 3 is 2.80 bits per heavy atom. The van der Waals surface area contributed by atoms with Crippen LogP contribution in [0.25, 0.3) is 11.0 Å². The number of rotatable bonds is 3. The van der Waals surface area contributed by atoms with Crippen LogP contribution in [0.3, 0.4) is 0 Å². The second-order valence-electron chi connectivity index (χ2n) is 5.60. The van der Waals surface area contributed by atoms with Crippen molar-refractivity contribution in [1.82, 2.24) is 9.55 Å². The number of imidazole rings is 1. The standard InChI is InChI=1S/C17H12N4O4/c22-16(23)13-9-15(10-4-3-5-11(8-10)21(24)25)20-14-7-2-1-6-12(14)18-17(20)19-13/h1-9,15H,(H,18,19)(H,22,23)/t15-/m1/s1. The Morgan fingerprint density at radius 2 is 2.04 bits per heavy atom. The van der Waals surface area contributed by atoms with Crippen LogP contribution in [-0.2, 0) is 4.79 Å². The van der Waals surface area contributed by atoms with Crippen LogP contribution in [-0.4, -0.2) is 25.6 Å². The van der Waals surface area contributed by atoms with E-state index in [4.69, 9.17) is 0 Å². The van der Waals surface area contributed by atoms with Gasteiger partial charge in [-0.2, -0.15) is 0 Å². The lowest BCUT2D eigenvalue weighted by atomic mass is 10.0. The normalized spacial score (nSPS) is 16.0. The Hall–Kier alpha value is -3.68. The molecule has 0 amide bonds. The molecule has 0 bridgehead atoms. The lowest BCUT2D eigenvalue weighted by molar-refractivity contribution is -0.384. The number of nitrogens with one attached hydrogen (secondary N) is 1. The molecule has 4 rings (SSSR count). The highest BCUT2D eigenvalue weighted by Gasteiger charge is 2.27. The average Bonchev–Trinajstić information content (AvgIpc) is 2.99. The molecule has 0 fully saturated rings. The van der Waals surface area contributed by atoms with Crippen molar-refractivity contribution in [3.63, 3.8) is 0 Å². The van der Waals surface area contributed by atoms with Gasteiger partial charge in [0.05, 0.1) is 22.0 Å². The van der Waals surface area contributed by atoms with Gasteiger partial charge in [0, 0.05) is 12.1 Å². The molecule has 0 radical (unpaired) electrons. The quantitative estimate of drug-likeness (QED) is 0.562. The molecule has 1 aliphatic heterocycles. The monoisotopic (exact) mass is 336 g/mol. The smallest absolute Gasteiger partial charge is 0.352 e. The number of allylic oxidation sites excluding steroid dienone is 1. The van der Waals surface area contributed by atoms with E-state index in [1.54, 1.807) is 12.1 Å². The number of aliphatic carboxylic acids is 1. The highest BCUT2D eigenvalue weighted by atomic mass is 16.6. The maximum absolute atomic E-state index is 11.5. The molecule has 1 aliphatic rings. The van der Waals surface area contributed by atoms with Crippen molar-refractivity contribution < 1.29 is 14.8 Å². The second kappa shape index (κ2) is 5.45. The van der Waals surface area contributed by atoms with E-state index in [9.17, 15) is 20.0 Å². The van der Waals surface area contributed by atoms with Crippen LogP contribution in [0.5, 0.6) is 0 Å². The van der Waals surface area contributed by atoms with Crippen LogP contribution in [0.1, 0.15) is 11.6 Å². The molecule has 2 aromatic carbocycles. The molecule has 8 heteroatoms. The number of nitro benzene ring substituents is 1. The molecule has 0 saturated heterocycles. The molecule has 25 heavy (non-hydrogen) atoms. The van der Waals surface area contributed by atoms with Crippen molar-refractivity contribution in [3.05, 3.63) is 76.0 Å². The van der Waals surface area contributed by atoms with Gasteiger partial charge >= 0.3 is 5.97 Å². The van der Waals surface area contributed by atoms with E-state index in [-0.39, 0.29) is 11.4 Å². The summed E-state index contributed by atoms with van der Waals surface area (Å²) in [5.74, 6) is -0.730. The van der Waals surface area contributed by atoms with Crippen LogP contribution >= 0.6 is 0 Å². The van der Waals surface area contributed by atoms with E-state index in [0.29, 0.717) is 17.0 Å². The first-order valence-electron chi connectivity index (χ1n) is 7.48. The maximum atomic E-state index is 11.5. The van der Waals surface area contributed by atoms with Gasteiger partial charge in [-0.1, -0.05) is 24.3 Å². The second-order valence-corrected chi connectivity index (χ2v) is 5.60. The summed E-state index contributed by atoms with van der Waals surface area (Å²) in [6, 6.07) is 13.1. The van der Waals surface area contributed by atoms with Crippen molar-refractivity contribution in [3.8, 4) is 0 Å². The SMILES string of the molecule is O=C(O)C1=C[C@H](c2cccc([N+](=O)[O-])c2)n2c(nc3ccccc32)N1. The van der Waals surface area contributed by atoms with Crippen LogP contribution in [0, 0.1) is 10.1 Å². The number of nitrogens with zero attached hydrogens (tertiary/aromatic N) is 3. The summed E-state index contributed by atoms with van der Waals surface area (Å²) in [6.45, 7) is 0. The molecule has 124 valence electrons.